The fraction of sp³-hybridized carbons (Fsp3) is 0.381. The molecule has 2 aliphatic heterocycles. The maximum absolute atomic E-state index is 14.3. The van der Waals surface area contributed by atoms with E-state index in [4.69, 9.17) is 5.41 Å². The summed E-state index contributed by atoms with van der Waals surface area (Å²) in [6.07, 6.45) is 4.81. The number of piperidine rings is 1. The van der Waals surface area contributed by atoms with Crippen LogP contribution >= 0.6 is 0 Å². The van der Waals surface area contributed by atoms with Crippen molar-refractivity contribution in [2.24, 2.45) is 11.0 Å². The van der Waals surface area contributed by atoms with Crippen molar-refractivity contribution in [3.8, 4) is 0 Å². The predicted molar refractivity (Wildman–Crippen MR) is 114 cm³/mol. The molecule has 3 heterocycles. The Hall–Kier alpha value is -3.36. The number of hydrogen-bond donors (Lipinski definition) is 2. The van der Waals surface area contributed by atoms with E-state index in [1.165, 1.54) is 18.3 Å². The van der Waals surface area contributed by atoms with Gasteiger partial charge in [0.15, 0.2) is 5.82 Å². The highest BCUT2D eigenvalue weighted by molar-refractivity contribution is 6.14. The van der Waals surface area contributed by atoms with Crippen LogP contribution in [0.15, 0.2) is 29.5 Å². The zero-order chi connectivity index (χ0) is 21.3. The third-order valence-electron chi connectivity index (χ3n) is 5.73. The van der Waals surface area contributed by atoms with E-state index in [1.54, 1.807) is 17.2 Å². The molecule has 1 aromatic carbocycles. The van der Waals surface area contributed by atoms with Gasteiger partial charge >= 0.3 is 0 Å². The number of anilines is 2. The van der Waals surface area contributed by atoms with Crippen LogP contribution in [0.4, 0.5) is 15.9 Å². The molecule has 0 spiro atoms. The number of hydrazone groups is 1. The molecule has 0 bridgehead atoms. The van der Waals surface area contributed by atoms with Gasteiger partial charge in [0.25, 0.3) is 5.91 Å². The lowest BCUT2D eigenvalue weighted by Crippen LogP contribution is -2.65. The molecular formula is C21H24FN7O. The van der Waals surface area contributed by atoms with Gasteiger partial charge < -0.3 is 15.2 Å². The fourth-order valence-electron chi connectivity index (χ4n) is 4.15. The zero-order valence-corrected chi connectivity index (χ0v) is 17.0. The van der Waals surface area contributed by atoms with Crippen molar-refractivity contribution in [3.05, 3.63) is 47.2 Å². The average molecular weight is 409 g/mol. The number of fused-ring (bicyclic) bond motifs is 1. The van der Waals surface area contributed by atoms with Crippen molar-refractivity contribution in [2.75, 3.05) is 30.0 Å². The number of rotatable bonds is 5. The Morgan fingerprint density at radius 2 is 2.20 bits per heavy atom. The zero-order valence-electron chi connectivity index (χ0n) is 17.0. The Morgan fingerprint density at radius 3 is 3.00 bits per heavy atom. The second-order valence-corrected chi connectivity index (χ2v) is 7.66. The van der Waals surface area contributed by atoms with E-state index in [9.17, 15) is 9.18 Å². The number of carbonyl (C=O) groups excluding carboxylic acids is 1. The number of nitrogens with one attached hydrogen (secondary N) is 2. The van der Waals surface area contributed by atoms with Gasteiger partial charge in [-0.3, -0.25) is 15.2 Å². The number of amides is 1. The van der Waals surface area contributed by atoms with E-state index in [1.807, 2.05) is 13.8 Å². The predicted octanol–water partition coefficient (Wildman–Crippen LogP) is 2.63. The van der Waals surface area contributed by atoms with Crippen LogP contribution in [0.2, 0.25) is 0 Å². The summed E-state index contributed by atoms with van der Waals surface area (Å²) in [5.41, 5.74) is 4.55. The number of hydrogen-bond acceptors (Lipinski definition) is 7. The molecule has 4 rings (SSSR count). The minimum atomic E-state index is -0.561. The van der Waals surface area contributed by atoms with Crippen molar-refractivity contribution in [1.29, 1.82) is 5.41 Å². The van der Waals surface area contributed by atoms with Crippen LogP contribution < -0.4 is 10.3 Å². The topological polar surface area (TPSA) is 97.6 Å². The van der Waals surface area contributed by atoms with Crippen LogP contribution in [0.5, 0.6) is 0 Å². The van der Waals surface area contributed by atoms with Gasteiger partial charge in [0.05, 0.1) is 29.2 Å². The Kier molecular flexibility index (Phi) is 5.43. The molecule has 2 saturated heterocycles. The molecule has 2 fully saturated rings. The number of aryl methyl sites for hydroxylation is 2. The smallest absolute Gasteiger partial charge is 0.256 e. The number of aromatic nitrogens is 2. The number of benzene rings is 1. The van der Waals surface area contributed by atoms with Crippen LogP contribution in [-0.4, -0.2) is 58.9 Å². The molecule has 2 atom stereocenters. The summed E-state index contributed by atoms with van der Waals surface area (Å²) in [4.78, 5) is 26.3. The molecule has 1 amide bonds. The molecule has 0 aliphatic carbocycles. The van der Waals surface area contributed by atoms with E-state index >= 15 is 0 Å². The average Bonchev–Trinajstić information content (AvgIpc) is 2.72. The minimum Gasteiger partial charge on any atom is -0.350 e. The maximum Gasteiger partial charge on any atom is 0.256 e. The van der Waals surface area contributed by atoms with Gasteiger partial charge in [-0.1, -0.05) is 6.07 Å². The molecule has 2 aliphatic rings. The Labute approximate surface area is 174 Å². The molecule has 9 heteroatoms. The quantitative estimate of drug-likeness (QED) is 0.584. The lowest BCUT2D eigenvalue weighted by atomic mass is 9.82. The van der Waals surface area contributed by atoms with Crippen molar-refractivity contribution in [2.45, 2.75) is 26.3 Å². The number of para-hydroxylation sites is 1. The van der Waals surface area contributed by atoms with E-state index < -0.39 is 5.82 Å². The van der Waals surface area contributed by atoms with E-state index in [-0.39, 0.29) is 23.2 Å². The first-order valence-corrected chi connectivity index (χ1v) is 9.92. The van der Waals surface area contributed by atoms with Crippen molar-refractivity contribution < 1.29 is 9.18 Å². The Balaban J connectivity index is 1.54. The normalized spacial score (nSPS) is 20.6. The summed E-state index contributed by atoms with van der Waals surface area (Å²) in [5, 5.41) is 10.8. The first-order valence-electron chi connectivity index (χ1n) is 9.92. The standard InChI is InChI=1S/C21H24FN7O/c1-13-10-24-14(2)20(26-13)29-11-15-6-9-28(12-18(15)29)21(30)16-4-3-5-17(22)19(16)27-25-8-7-23/h3-5,7-8,10,15,18,23,27H,6,9,11-12H2,1-2H3/b23-7?,25-8-. The SMILES string of the molecule is Cc1cnc(C)c(N2CC3CCN(C(=O)c4cccc(F)c4N/N=C\C=N)CC32)n1. The van der Waals surface area contributed by atoms with E-state index in [2.05, 4.69) is 25.4 Å². The summed E-state index contributed by atoms with van der Waals surface area (Å²) >= 11 is 0. The number of nitrogens with zero attached hydrogens (tertiary/aromatic N) is 5. The maximum atomic E-state index is 14.3. The third kappa shape index (κ3) is 3.62. The van der Waals surface area contributed by atoms with Gasteiger partial charge in [0.2, 0.25) is 0 Å². The molecule has 0 radical (unpaired) electrons. The highest BCUT2D eigenvalue weighted by Gasteiger charge is 2.45. The molecule has 156 valence electrons. The molecule has 2 N–H and O–H groups in total. The number of halogens is 1. The van der Waals surface area contributed by atoms with Gasteiger partial charge in [-0.25, -0.2) is 9.37 Å². The minimum absolute atomic E-state index is 0.0218. The summed E-state index contributed by atoms with van der Waals surface area (Å²) in [6, 6.07) is 4.56. The van der Waals surface area contributed by atoms with Gasteiger partial charge in [-0.05, 0) is 32.4 Å². The van der Waals surface area contributed by atoms with Crippen LogP contribution in [0, 0.1) is 31.0 Å². The summed E-state index contributed by atoms with van der Waals surface area (Å²) < 4.78 is 14.3. The first-order chi connectivity index (χ1) is 14.5. The third-order valence-corrected chi connectivity index (χ3v) is 5.73. The van der Waals surface area contributed by atoms with Crippen LogP contribution in [0.1, 0.15) is 28.2 Å². The molecule has 0 saturated carbocycles. The van der Waals surface area contributed by atoms with Crippen LogP contribution in [-0.2, 0) is 0 Å². The molecule has 8 nitrogen and oxygen atoms in total. The summed E-state index contributed by atoms with van der Waals surface area (Å²) in [5.74, 6) is 0.589. The Bertz CT molecular complexity index is 1010. The van der Waals surface area contributed by atoms with Gasteiger partial charge in [-0.15, -0.1) is 0 Å². The van der Waals surface area contributed by atoms with Gasteiger partial charge in [0, 0.05) is 38.0 Å². The number of likely N-dealkylation sites (tertiary alicyclic amines) is 1. The van der Waals surface area contributed by atoms with Crippen molar-refractivity contribution in [1.82, 2.24) is 14.9 Å². The molecule has 2 aromatic rings. The van der Waals surface area contributed by atoms with Gasteiger partial charge in [0.1, 0.15) is 11.5 Å². The fourth-order valence-corrected chi connectivity index (χ4v) is 4.15. The van der Waals surface area contributed by atoms with Crippen molar-refractivity contribution >= 4 is 29.8 Å². The summed E-state index contributed by atoms with van der Waals surface area (Å²) in [6.45, 7) is 5.96. The molecule has 1 aromatic heterocycles. The monoisotopic (exact) mass is 409 g/mol. The molecule has 30 heavy (non-hydrogen) atoms. The Morgan fingerprint density at radius 1 is 1.37 bits per heavy atom. The van der Waals surface area contributed by atoms with Crippen LogP contribution in [0.25, 0.3) is 0 Å². The summed E-state index contributed by atoms with van der Waals surface area (Å²) in [7, 11) is 0. The van der Waals surface area contributed by atoms with E-state index in [0.717, 1.165) is 36.4 Å². The van der Waals surface area contributed by atoms with E-state index in [0.29, 0.717) is 19.0 Å². The van der Waals surface area contributed by atoms with Gasteiger partial charge in [-0.2, -0.15) is 5.10 Å². The second kappa shape index (κ2) is 8.17. The second-order valence-electron chi connectivity index (χ2n) is 7.66. The highest BCUT2D eigenvalue weighted by atomic mass is 19.1. The lowest BCUT2D eigenvalue weighted by molar-refractivity contribution is 0.0591. The number of carbonyl (C=O) groups is 1. The lowest BCUT2D eigenvalue weighted by Gasteiger charge is -2.54. The highest BCUT2D eigenvalue weighted by Crippen LogP contribution is 2.37. The largest absolute Gasteiger partial charge is 0.350 e. The van der Waals surface area contributed by atoms with Crippen LogP contribution in [0.3, 0.4) is 0 Å². The first kappa shape index (κ1) is 19.9. The molecule has 2 unspecified atom stereocenters. The molecular weight excluding hydrogens is 385 g/mol. The van der Waals surface area contributed by atoms with Crippen molar-refractivity contribution in [3.63, 3.8) is 0 Å².